The lowest BCUT2D eigenvalue weighted by molar-refractivity contribution is -0.136. The van der Waals surface area contributed by atoms with Gasteiger partial charge in [-0.05, 0) is 40.2 Å². The van der Waals surface area contributed by atoms with Gasteiger partial charge in [0.25, 0.3) is 0 Å². The minimum absolute atomic E-state index is 0.0194. The molecule has 0 saturated carbocycles. The molecule has 1 N–H and O–H groups in total. The SMILES string of the molecule is COc1ccc(-c2nc(Br)c(CC(=O)O)s2)cc1. The number of nitrogens with zero attached hydrogens (tertiary/aromatic N) is 1. The molecule has 18 heavy (non-hydrogen) atoms. The number of carbonyl (C=O) groups is 1. The molecule has 2 aromatic rings. The van der Waals surface area contributed by atoms with Gasteiger partial charge in [0, 0.05) is 5.56 Å². The third-order valence-corrected chi connectivity index (χ3v) is 4.32. The van der Waals surface area contributed by atoms with Gasteiger partial charge in [-0.15, -0.1) is 11.3 Å². The Morgan fingerprint density at radius 1 is 1.44 bits per heavy atom. The number of ether oxygens (including phenoxy) is 1. The summed E-state index contributed by atoms with van der Waals surface area (Å²) < 4.78 is 5.68. The van der Waals surface area contributed by atoms with E-state index in [0.29, 0.717) is 9.48 Å². The third-order valence-electron chi connectivity index (χ3n) is 2.30. The molecule has 0 unspecified atom stereocenters. The molecule has 0 aliphatic rings. The van der Waals surface area contributed by atoms with Crippen molar-refractivity contribution in [2.24, 2.45) is 0 Å². The van der Waals surface area contributed by atoms with E-state index in [-0.39, 0.29) is 6.42 Å². The number of thiazole rings is 1. The molecule has 0 aliphatic heterocycles. The number of methoxy groups -OCH3 is 1. The Hall–Kier alpha value is -1.40. The fourth-order valence-corrected chi connectivity index (χ4v) is 3.06. The van der Waals surface area contributed by atoms with E-state index in [9.17, 15) is 4.79 Å². The number of benzene rings is 1. The first-order valence-corrected chi connectivity index (χ1v) is 6.72. The minimum Gasteiger partial charge on any atom is -0.497 e. The van der Waals surface area contributed by atoms with Gasteiger partial charge in [-0.25, -0.2) is 4.98 Å². The van der Waals surface area contributed by atoms with Crippen molar-refractivity contribution in [3.63, 3.8) is 0 Å². The first-order chi connectivity index (χ1) is 8.60. The lowest BCUT2D eigenvalue weighted by Gasteiger charge is -1.99. The first kappa shape index (κ1) is 13.0. The summed E-state index contributed by atoms with van der Waals surface area (Å²) >= 11 is 4.66. The van der Waals surface area contributed by atoms with Crippen LogP contribution in [0, 0.1) is 0 Å². The highest BCUT2D eigenvalue weighted by Gasteiger charge is 2.13. The van der Waals surface area contributed by atoms with Crippen LogP contribution in [0.3, 0.4) is 0 Å². The van der Waals surface area contributed by atoms with Gasteiger partial charge in [-0.1, -0.05) is 0 Å². The maximum absolute atomic E-state index is 10.7. The van der Waals surface area contributed by atoms with Gasteiger partial charge in [-0.3, -0.25) is 4.79 Å². The molecule has 0 saturated heterocycles. The summed E-state index contributed by atoms with van der Waals surface area (Å²) in [5.41, 5.74) is 0.943. The van der Waals surface area contributed by atoms with Gasteiger partial charge in [0.2, 0.25) is 0 Å². The van der Waals surface area contributed by atoms with E-state index in [1.165, 1.54) is 11.3 Å². The second kappa shape index (κ2) is 5.49. The van der Waals surface area contributed by atoms with Crippen LogP contribution < -0.4 is 4.74 Å². The van der Waals surface area contributed by atoms with Gasteiger partial charge in [0.05, 0.1) is 18.4 Å². The van der Waals surface area contributed by atoms with Gasteiger partial charge in [-0.2, -0.15) is 0 Å². The Morgan fingerprint density at radius 3 is 2.67 bits per heavy atom. The molecule has 2 rings (SSSR count). The summed E-state index contributed by atoms with van der Waals surface area (Å²) in [6.07, 6.45) is -0.0194. The van der Waals surface area contributed by atoms with Crippen molar-refractivity contribution >= 4 is 33.2 Å². The smallest absolute Gasteiger partial charge is 0.308 e. The minimum atomic E-state index is -0.861. The van der Waals surface area contributed by atoms with Gasteiger partial charge in [0.1, 0.15) is 15.4 Å². The van der Waals surface area contributed by atoms with Crippen molar-refractivity contribution in [2.75, 3.05) is 7.11 Å². The zero-order valence-corrected chi connectivity index (χ0v) is 11.9. The van der Waals surface area contributed by atoms with Crippen LogP contribution in [0.1, 0.15) is 4.88 Å². The maximum Gasteiger partial charge on any atom is 0.308 e. The zero-order valence-electron chi connectivity index (χ0n) is 9.51. The number of carboxylic acid groups (broad SMARTS) is 1. The number of hydrogen-bond donors (Lipinski definition) is 1. The number of carboxylic acids is 1. The van der Waals surface area contributed by atoms with Crippen LogP contribution in [-0.2, 0) is 11.2 Å². The van der Waals surface area contributed by atoms with Crippen molar-refractivity contribution in [3.05, 3.63) is 33.7 Å². The summed E-state index contributed by atoms with van der Waals surface area (Å²) in [5, 5.41) is 9.57. The molecule has 0 spiro atoms. The van der Waals surface area contributed by atoms with Crippen molar-refractivity contribution in [1.29, 1.82) is 0 Å². The van der Waals surface area contributed by atoms with E-state index < -0.39 is 5.97 Å². The van der Waals surface area contributed by atoms with Crippen LogP contribution in [0.4, 0.5) is 0 Å². The monoisotopic (exact) mass is 327 g/mol. The Morgan fingerprint density at radius 2 is 2.11 bits per heavy atom. The van der Waals surface area contributed by atoms with Crippen LogP contribution in [0.15, 0.2) is 28.9 Å². The Balaban J connectivity index is 2.30. The summed E-state index contributed by atoms with van der Waals surface area (Å²) in [6, 6.07) is 7.49. The normalized spacial score (nSPS) is 10.3. The molecular weight excluding hydrogens is 318 g/mol. The summed E-state index contributed by atoms with van der Waals surface area (Å²) in [4.78, 5) is 15.7. The van der Waals surface area contributed by atoms with Crippen molar-refractivity contribution in [2.45, 2.75) is 6.42 Å². The van der Waals surface area contributed by atoms with Crippen LogP contribution in [0.2, 0.25) is 0 Å². The third kappa shape index (κ3) is 2.88. The average molecular weight is 328 g/mol. The molecule has 1 aromatic heterocycles. The average Bonchev–Trinajstić information content (AvgIpc) is 2.70. The molecule has 0 radical (unpaired) electrons. The van der Waals surface area contributed by atoms with E-state index in [4.69, 9.17) is 9.84 Å². The number of halogens is 1. The van der Waals surface area contributed by atoms with Crippen LogP contribution in [0.25, 0.3) is 10.6 Å². The first-order valence-electron chi connectivity index (χ1n) is 5.11. The highest BCUT2D eigenvalue weighted by molar-refractivity contribution is 9.10. The quantitative estimate of drug-likeness (QED) is 0.936. The van der Waals surface area contributed by atoms with Crippen LogP contribution >= 0.6 is 27.3 Å². The molecule has 0 amide bonds. The molecule has 1 heterocycles. The predicted molar refractivity (Wildman–Crippen MR) is 73.1 cm³/mol. The van der Waals surface area contributed by atoms with Crippen LogP contribution in [-0.4, -0.2) is 23.2 Å². The van der Waals surface area contributed by atoms with E-state index in [1.54, 1.807) is 7.11 Å². The second-order valence-corrected chi connectivity index (χ2v) is 5.37. The summed E-state index contributed by atoms with van der Waals surface area (Å²) in [7, 11) is 1.61. The number of aliphatic carboxylic acids is 1. The van der Waals surface area contributed by atoms with Gasteiger partial charge >= 0.3 is 5.97 Å². The standard InChI is InChI=1S/C12H10BrNO3S/c1-17-8-4-2-7(3-5-8)12-14-11(13)9(18-12)6-10(15)16/h2-5H,6H2,1H3,(H,15,16). The predicted octanol–water partition coefficient (Wildman–Crippen LogP) is 3.21. The Labute approximate surface area is 116 Å². The molecule has 0 aliphatic carbocycles. The molecule has 0 fully saturated rings. The molecule has 94 valence electrons. The van der Waals surface area contributed by atoms with Gasteiger partial charge in [0.15, 0.2) is 0 Å². The van der Waals surface area contributed by atoms with E-state index in [2.05, 4.69) is 20.9 Å². The Bertz CT molecular complexity index is 565. The fraction of sp³-hybridized carbons (Fsp3) is 0.167. The molecule has 6 heteroatoms. The maximum atomic E-state index is 10.7. The van der Waals surface area contributed by atoms with Crippen molar-refractivity contribution < 1.29 is 14.6 Å². The molecule has 0 bridgehead atoms. The molecule has 4 nitrogen and oxygen atoms in total. The number of aromatic nitrogens is 1. The topological polar surface area (TPSA) is 59.4 Å². The molecule has 0 atom stereocenters. The highest BCUT2D eigenvalue weighted by atomic mass is 79.9. The van der Waals surface area contributed by atoms with Gasteiger partial charge < -0.3 is 9.84 Å². The fourth-order valence-electron chi connectivity index (χ4n) is 1.44. The van der Waals surface area contributed by atoms with Crippen molar-refractivity contribution in [1.82, 2.24) is 4.98 Å². The lowest BCUT2D eigenvalue weighted by atomic mass is 10.2. The van der Waals surface area contributed by atoms with E-state index in [1.807, 2.05) is 24.3 Å². The second-order valence-electron chi connectivity index (χ2n) is 3.53. The Kier molecular flexibility index (Phi) is 3.98. The highest BCUT2D eigenvalue weighted by Crippen LogP contribution is 2.32. The van der Waals surface area contributed by atoms with E-state index >= 15 is 0 Å². The largest absolute Gasteiger partial charge is 0.497 e. The molecule has 1 aromatic carbocycles. The van der Waals surface area contributed by atoms with Crippen LogP contribution in [0.5, 0.6) is 5.75 Å². The number of hydrogen-bond acceptors (Lipinski definition) is 4. The van der Waals surface area contributed by atoms with Crippen molar-refractivity contribution in [3.8, 4) is 16.3 Å². The summed E-state index contributed by atoms with van der Waals surface area (Å²) in [6.45, 7) is 0. The lowest BCUT2D eigenvalue weighted by Crippen LogP contribution is -1.98. The molecular formula is C12H10BrNO3S. The van der Waals surface area contributed by atoms with E-state index in [0.717, 1.165) is 16.3 Å². The summed E-state index contributed by atoms with van der Waals surface area (Å²) in [5.74, 6) is -0.0826. The zero-order chi connectivity index (χ0) is 13.1. The number of rotatable bonds is 4.